The van der Waals surface area contributed by atoms with Crippen LogP contribution >= 0.6 is 0 Å². The number of hydrogen-bond acceptors (Lipinski definition) is 2. The van der Waals surface area contributed by atoms with Crippen LogP contribution in [0.4, 0.5) is 0 Å². The highest BCUT2D eigenvalue weighted by atomic mass is 15.1. The Balaban J connectivity index is 1.82. The smallest absolute Gasteiger partial charge is 0.107 e. The Kier molecular flexibility index (Phi) is 4.47. The van der Waals surface area contributed by atoms with Gasteiger partial charge in [-0.05, 0) is 24.5 Å². The number of aromatic nitrogens is 3. The molecular formula is C22H23N3. The van der Waals surface area contributed by atoms with Crippen molar-refractivity contribution in [2.45, 2.75) is 38.6 Å². The molecule has 0 aliphatic heterocycles. The zero-order valence-electron chi connectivity index (χ0n) is 14.6. The Labute approximate surface area is 148 Å². The van der Waals surface area contributed by atoms with E-state index in [0.717, 1.165) is 23.9 Å². The van der Waals surface area contributed by atoms with Gasteiger partial charge in [-0.1, -0.05) is 68.3 Å². The van der Waals surface area contributed by atoms with Gasteiger partial charge in [-0.25, -0.2) is 4.98 Å². The third kappa shape index (κ3) is 3.14. The lowest BCUT2D eigenvalue weighted by atomic mass is 10.0. The summed E-state index contributed by atoms with van der Waals surface area (Å²) in [5.41, 5.74) is 4.60. The molecule has 0 aliphatic rings. The molecule has 3 heteroatoms. The maximum absolute atomic E-state index is 4.64. The minimum atomic E-state index is 0.415. The van der Waals surface area contributed by atoms with Crippen molar-refractivity contribution in [3.8, 4) is 0 Å². The van der Waals surface area contributed by atoms with Gasteiger partial charge in [0.1, 0.15) is 5.52 Å². The molecule has 0 radical (unpaired) electrons. The molecule has 0 aliphatic carbocycles. The lowest BCUT2D eigenvalue weighted by Crippen LogP contribution is -2.11. The fourth-order valence-electron chi connectivity index (χ4n) is 3.61. The highest BCUT2D eigenvalue weighted by molar-refractivity contribution is 6.01. The van der Waals surface area contributed by atoms with Crippen molar-refractivity contribution in [2.75, 3.05) is 0 Å². The standard InChI is InChI=1S/C22H23N3/c1-2-3-11-18(14-17-9-5-4-6-10-17)25-16-24-21-15-23-20-13-8-7-12-19(20)22(21)25/h4-10,12-13,15-16,18H,2-3,11,14H2,1H3/t18-/m1/s1. The van der Waals surface area contributed by atoms with Crippen LogP contribution in [0.5, 0.6) is 0 Å². The van der Waals surface area contributed by atoms with Crippen LogP contribution in [0.15, 0.2) is 67.1 Å². The number of para-hydroxylation sites is 1. The second-order valence-electron chi connectivity index (χ2n) is 6.65. The number of pyridine rings is 1. The summed E-state index contributed by atoms with van der Waals surface area (Å²) in [5, 5.41) is 1.19. The van der Waals surface area contributed by atoms with Crippen molar-refractivity contribution in [2.24, 2.45) is 0 Å². The van der Waals surface area contributed by atoms with Gasteiger partial charge >= 0.3 is 0 Å². The van der Waals surface area contributed by atoms with Gasteiger partial charge in [-0.3, -0.25) is 4.98 Å². The molecule has 0 bridgehead atoms. The molecule has 4 rings (SSSR count). The Bertz CT molecular complexity index is 972. The van der Waals surface area contributed by atoms with E-state index in [9.17, 15) is 0 Å². The lowest BCUT2D eigenvalue weighted by molar-refractivity contribution is 0.456. The fourth-order valence-corrected chi connectivity index (χ4v) is 3.61. The first kappa shape index (κ1) is 15.8. The third-order valence-electron chi connectivity index (χ3n) is 4.91. The van der Waals surface area contributed by atoms with E-state index < -0.39 is 0 Å². The number of benzene rings is 2. The predicted molar refractivity (Wildman–Crippen MR) is 104 cm³/mol. The van der Waals surface area contributed by atoms with Gasteiger partial charge in [-0.15, -0.1) is 0 Å². The van der Waals surface area contributed by atoms with Gasteiger partial charge < -0.3 is 4.57 Å². The quantitative estimate of drug-likeness (QED) is 0.464. The van der Waals surface area contributed by atoms with Crippen LogP contribution in [0.25, 0.3) is 21.9 Å². The number of unbranched alkanes of at least 4 members (excludes halogenated alkanes) is 1. The molecule has 126 valence electrons. The average molecular weight is 329 g/mol. The summed E-state index contributed by atoms with van der Waals surface area (Å²) in [6.45, 7) is 2.25. The average Bonchev–Trinajstić information content (AvgIpc) is 3.10. The van der Waals surface area contributed by atoms with E-state index in [0.29, 0.717) is 6.04 Å². The second-order valence-corrected chi connectivity index (χ2v) is 6.65. The Hall–Kier alpha value is -2.68. The molecular weight excluding hydrogens is 306 g/mol. The Morgan fingerprint density at radius 3 is 2.56 bits per heavy atom. The highest BCUT2D eigenvalue weighted by Crippen LogP contribution is 2.29. The molecule has 2 heterocycles. The van der Waals surface area contributed by atoms with E-state index in [2.05, 4.69) is 70.0 Å². The van der Waals surface area contributed by atoms with Gasteiger partial charge in [-0.2, -0.15) is 0 Å². The molecule has 2 aromatic carbocycles. The molecule has 0 saturated carbocycles. The van der Waals surface area contributed by atoms with Crippen molar-refractivity contribution in [3.05, 3.63) is 72.7 Å². The van der Waals surface area contributed by atoms with Crippen molar-refractivity contribution >= 4 is 21.9 Å². The van der Waals surface area contributed by atoms with Crippen molar-refractivity contribution in [3.63, 3.8) is 0 Å². The number of hydrogen-bond donors (Lipinski definition) is 0. The van der Waals surface area contributed by atoms with Gasteiger partial charge in [0, 0.05) is 11.4 Å². The van der Waals surface area contributed by atoms with E-state index in [1.54, 1.807) is 0 Å². The largest absolute Gasteiger partial charge is 0.327 e. The molecule has 25 heavy (non-hydrogen) atoms. The first-order valence-electron chi connectivity index (χ1n) is 9.11. The van der Waals surface area contributed by atoms with E-state index in [1.807, 2.05) is 18.6 Å². The molecule has 0 N–H and O–H groups in total. The predicted octanol–water partition coefficient (Wildman–Crippen LogP) is 5.56. The van der Waals surface area contributed by atoms with Crippen LogP contribution in [-0.2, 0) is 6.42 Å². The number of imidazole rings is 1. The van der Waals surface area contributed by atoms with E-state index in [-0.39, 0.29) is 0 Å². The van der Waals surface area contributed by atoms with E-state index in [1.165, 1.54) is 29.3 Å². The maximum Gasteiger partial charge on any atom is 0.107 e. The van der Waals surface area contributed by atoms with Crippen LogP contribution in [0.1, 0.15) is 37.8 Å². The fraction of sp³-hybridized carbons (Fsp3) is 0.273. The molecule has 1 atom stereocenters. The van der Waals surface area contributed by atoms with Gasteiger partial charge in [0.05, 0.1) is 23.6 Å². The Morgan fingerprint density at radius 2 is 1.72 bits per heavy atom. The van der Waals surface area contributed by atoms with Crippen molar-refractivity contribution in [1.29, 1.82) is 0 Å². The van der Waals surface area contributed by atoms with Crippen LogP contribution in [-0.4, -0.2) is 14.5 Å². The third-order valence-corrected chi connectivity index (χ3v) is 4.91. The normalized spacial score (nSPS) is 12.7. The van der Waals surface area contributed by atoms with Gasteiger partial charge in [0.15, 0.2) is 0 Å². The molecule has 0 amide bonds. The molecule has 0 spiro atoms. The van der Waals surface area contributed by atoms with Crippen molar-refractivity contribution in [1.82, 2.24) is 14.5 Å². The molecule has 0 saturated heterocycles. The summed E-state index contributed by atoms with van der Waals surface area (Å²) in [6, 6.07) is 19.5. The van der Waals surface area contributed by atoms with Gasteiger partial charge in [0.2, 0.25) is 0 Å². The minimum absolute atomic E-state index is 0.415. The molecule has 4 aromatic rings. The summed E-state index contributed by atoms with van der Waals surface area (Å²) in [7, 11) is 0. The van der Waals surface area contributed by atoms with Crippen molar-refractivity contribution < 1.29 is 0 Å². The maximum atomic E-state index is 4.64. The zero-order chi connectivity index (χ0) is 17.1. The molecule has 2 aromatic heterocycles. The Morgan fingerprint density at radius 1 is 0.920 bits per heavy atom. The monoisotopic (exact) mass is 329 g/mol. The first-order chi connectivity index (χ1) is 12.4. The SMILES string of the molecule is CCCC[C@H](Cc1ccccc1)n1cnc2cnc3ccccc3c21. The lowest BCUT2D eigenvalue weighted by Gasteiger charge is -2.20. The van der Waals surface area contributed by atoms with Gasteiger partial charge in [0.25, 0.3) is 0 Å². The van der Waals surface area contributed by atoms with Crippen LogP contribution < -0.4 is 0 Å². The highest BCUT2D eigenvalue weighted by Gasteiger charge is 2.16. The summed E-state index contributed by atoms with van der Waals surface area (Å²) in [4.78, 5) is 9.19. The van der Waals surface area contributed by atoms with E-state index >= 15 is 0 Å². The summed E-state index contributed by atoms with van der Waals surface area (Å²) in [5.74, 6) is 0. The van der Waals surface area contributed by atoms with Crippen LogP contribution in [0.2, 0.25) is 0 Å². The molecule has 3 nitrogen and oxygen atoms in total. The molecule has 0 unspecified atom stereocenters. The van der Waals surface area contributed by atoms with Crippen LogP contribution in [0, 0.1) is 0 Å². The van der Waals surface area contributed by atoms with E-state index in [4.69, 9.17) is 0 Å². The van der Waals surface area contributed by atoms with Crippen LogP contribution in [0.3, 0.4) is 0 Å². The summed E-state index contributed by atoms with van der Waals surface area (Å²) >= 11 is 0. The topological polar surface area (TPSA) is 30.7 Å². The second kappa shape index (κ2) is 7.06. The number of nitrogens with zero attached hydrogens (tertiary/aromatic N) is 3. The number of rotatable bonds is 6. The summed E-state index contributed by atoms with van der Waals surface area (Å²) < 4.78 is 2.38. The number of fused-ring (bicyclic) bond motifs is 3. The first-order valence-corrected chi connectivity index (χ1v) is 9.11. The zero-order valence-corrected chi connectivity index (χ0v) is 14.6. The molecule has 0 fully saturated rings. The minimum Gasteiger partial charge on any atom is -0.327 e. The summed E-state index contributed by atoms with van der Waals surface area (Å²) in [6.07, 6.45) is 8.52.